The molecule has 7 amide bonds. The number of carbonyl (C=O) groups is 10. The fourth-order valence-corrected chi connectivity index (χ4v) is 13.8. The van der Waals surface area contributed by atoms with E-state index in [0.717, 1.165) is 39.2 Å². The number of alkyl carbamates (subject to hydrolysis) is 1. The molecular formula is C54H58N8O15. The third-order valence-corrected chi connectivity index (χ3v) is 17.3. The van der Waals surface area contributed by atoms with Gasteiger partial charge in [0.2, 0.25) is 17.7 Å². The van der Waals surface area contributed by atoms with E-state index in [2.05, 4.69) is 10.6 Å². The van der Waals surface area contributed by atoms with Crippen LogP contribution in [0.15, 0.2) is 72.8 Å². The SMILES string of the molecule is COC(=O)[C@]1(NC(=O)OCC2c3ccccc3-c3ccccc32)C[C@H]2C(=O)N(CC(C)C)[C@@]3(C[C@@H]4C(=O)N(Cc5ccc(OC)cc5)[C@@]5(C[C@@H]6C(=O)N(CC(=O)O)[C@@]7(CN[C@H](C(=O)O)C7)C(=O)N6C5)C(=O)N4C3)C(=O)N2C1. The Morgan fingerprint density at radius 2 is 1.21 bits per heavy atom. The maximum atomic E-state index is 15.9. The van der Waals surface area contributed by atoms with Crippen LogP contribution in [-0.4, -0.2) is 205 Å². The lowest BCUT2D eigenvalue weighted by Crippen LogP contribution is -2.73. The zero-order chi connectivity index (χ0) is 54.7. The van der Waals surface area contributed by atoms with E-state index >= 15 is 19.2 Å². The molecule has 8 aliphatic rings. The number of rotatable bonds is 12. The lowest BCUT2D eigenvalue weighted by molar-refractivity contribution is -0.171. The van der Waals surface area contributed by atoms with Gasteiger partial charge in [-0.05, 0) is 45.9 Å². The molecule has 404 valence electrons. The van der Waals surface area contributed by atoms with Gasteiger partial charge in [-0.2, -0.15) is 0 Å². The molecule has 23 heteroatoms. The van der Waals surface area contributed by atoms with Gasteiger partial charge < -0.3 is 64.5 Å². The van der Waals surface area contributed by atoms with Crippen LogP contribution in [0.25, 0.3) is 11.1 Å². The number of carboxylic acids is 2. The van der Waals surface area contributed by atoms with E-state index in [-0.39, 0.29) is 44.4 Å². The zero-order valence-electron chi connectivity index (χ0n) is 42.8. The van der Waals surface area contributed by atoms with Crippen LogP contribution in [0.2, 0.25) is 0 Å². The highest BCUT2D eigenvalue weighted by atomic mass is 16.6. The first kappa shape index (κ1) is 51.0. The second-order valence-corrected chi connectivity index (χ2v) is 22.0. The Morgan fingerprint density at radius 3 is 1.75 bits per heavy atom. The van der Waals surface area contributed by atoms with Gasteiger partial charge in [0.25, 0.3) is 17.7 Å². The molecule has 23 nitrogen and oxygen atoms in total. The van der Waals surface area contributed by atoms with Crippen molar-refractivity contribution < 1.29 is 72.4 Å². The average Bonchev–Trinajstić information content (AvgIpc) is 4.41. The monoisotopic (exact) mass is 1060 g/mol. The van der Waals surface area contributed by atoms with Crippen molar-refractivity contribution in [1.82, 2.24) is 40.0 Å². The number of hydrogen-bond donors (Lipinski definition) is 4. The van der Waals surface area contributed by atoms with E-state index in [0.29, 0.717) is 11.3 Å². The van der Waals surface area contributed by atoms with E-state index in [4.69, 9.17) is 14.2 Å². The lowest BCUT2D eigenvalue weighted by atomic mass is 9.84. The van der Waals surface area contributed by atoms with Gasteiger partial charge >= 0.3 is 24.0 Å². The summed E-state index contributed by atoms with van der Waals surface area (Å²) >= 11 is 0. The molecule has 0 saturated carbocycles. The summed E-state index contributed by atoms with van der Waals surface area (Å²) in [6, 6.07) is 16.7. The molecular weight excluding hydrogens is 1000 g/mol. The van der Waals surface area contributed by atoms with Crippen molar-refractivity contribution in [2.75, 3.05) is 60.1 Å². The summed E-state index contributed by atoms with van der Waals surface area (Å²) < 4.78 is 16.5. The molecule has 7 saturated heterocycles. The summed E-state index contributed by atoms with van der Waals surface area (Å²) in [6.07, 6.45) is -2.69. The Hall–Kier alpha value is -8.08. The fraction of sp³-hybridized carbons (Fsp3) is 0.481. The van der Waals surface area contributed by atoms with Crippen LogP contribution in [0.5, 0.6) is 5.75 Å². The normalized spacial score (nSPS) is 30.1. The third-order valence-electron chi connectivity index (χ3n) is 17.3. The second-order valence-electron chi connectivity index (χ2n) is 22.0. The smallest absolute Gasteiger partial charge is 0.408 e. The Bertz CT molecular complexity index is 3030. The molecule has 7 fully saturated rings. The summed E-state index contributed by atoms with van der Waals surface area (Å²) in [5, 5.41) is 25.4. The molecule has 3 spiro atoms. The summed E-state index contributed by atoms with van der Waals surface area (Å²) in [4.78, 5) is 152. The van der Waals surface area contributed by atoms with E-state index in [9.17, 15) is 39.0 Å². The van der Waals surface area contributed by atoms with Gasteiger partial charge in [-0.15, -0.1) is 0 Å². The maximum absolute atomic E-state index is 15.9. The number of esters is 1. The van der Waals surface area contributed by atoms with E-state index < -0.39 is 151 Å². The van der Waals surface area contributed by atoms with Crippen LogP contribution >= 0.6 is 0 Å². The largest absolute Gasteiger partial charge is 0.497 e. The second kappa shape index (κ2) is 18.3. The average molecular weight is 1060 g/mol. The number of fused-ring (bicyclic) bond motifs is 6. The number of hydrogen-bond acceptors (Lipinski definition) is 14. The highest BCUT2D eigenvalue weighted by molar-refractivity contribution is 6.09. The highest BCUT2D eigenvalue weighted by Crippen LogP contribution is 2.51. The number of carboxylic acid groups (broad SMARTS) is 2. The number of aliphatic carboxylic acids is 2. The van der Waals surface area contributed by atoms with Crippen molar-refractivity contribution in [3.05, 3.63) is 89.5 Å². The van der Waals surface area contributed by atoms with Gasteiger partial charge in [0.15, 0.2) is 5.54 Å². The van der Waals surface area contributed by atoms with Crippen LogP contribution in [0.4, 0.5) is 4.79 Å². The van der Waals surface area contributed by atoms with Crippen molar-refractivity contribution in [1.29, 1.82) is 0 Å². The molecule has 7 heterocycles. The number of carbonyl (C=O) groups excluding carboxylic acids is 8. The van der Waals surface area contributed by atoms with Gasteiger partial charge in [-0.25, -0.2) is 9.59 Å². The van der Waals surface area contributed by atoms with Gasteiger partial charge in [0.05, 0.1) is 33.9 Å². The van der Waals surface area contributed by atoms with Crippen LogP contribution in [-0.2, 0) is 59.2 Å². The van der Waals surface area contributed by atoms with Crippen LogP contribution < -0.4 is 15.4 Å². The van der Waals surface area contributed by atoms with Gasteiger partial charge in [-0.3, -0.25) is 38.4 Å². The van der Waals surface area contributed by atoms with E-state index in [1.54, 1.807) is 24.3 Å². The van der Waals surface area contributed by atoms with Crippen molar-refractivity contribution in [2.45, 2.75) is 98.3 Å². The van der Waals surface area contributed by atoms with Crippen molar-refractivity contribution in [3.8, 4) is 16.9 Å². The van der Waals surface area contributed by atoms with Crippen LogP contribution in [0.1, 0.15) is 62.1 Å². The quantitative estimate of drug-likeness (QED) is 0.179. The Labute approximate surface area is 441 Å². The number of methoxy groups -OCH3 is 2. The summed E-state index contributed by atoms with van der Waals surface area (Å²) in [7, 11) is 2.60. The summed E-state index contributed by atoms with van der Waals surface area (Å²) in [5.74, 6) is -8.13. The Morgan fingerprint density at radius 1 is 0.675 bits per heavy atom. The molecule has 0 aromatic heterocycles. The minimum atomic E-state index is -2.00. The molecule has 11 rings (SSSR count). The molecule has 4 N–H and O–H groups in total. The minimum Gasteiger partial charge on any atom is -0.497 e. The number of ether oxygens (including phenoxy) is 3. The summed E-state index contributed by atoms with van der Waals surface area (Å²) in [5.41, 5.74) is -3.40. The standard InChI is InChI=1S/C54H58N8O15/c1-29(2)21-60-42(65)38-18-51(49(73)76-4,56-50(74)77-24-36-34-11-7-5-9-32(34)33-10-6-8-12-35(33)36)26-57(38)47(71)53(60)19-39-43(66)61(22-30-13-15-31(75-3)16-14-30)54(48(72)59(39)27-53)20-40-44(67)62(23-41(63)64)52(46(70)58(40)28-54)17-37(45(68)69)55-25-52/h5-16,29,36-40,55H,17-28H2,1-4H3,(H,56,74)(H,63,64)(H,68,69)/t37-,38-,39+,40+,51-,52-,53+,54+/m0/s1. The maximum Gasteiger partial charge on any atom is 0.408 e. The third kappa shape index (κ3) is 7.61. The first-order valence-electron chi connectivity index (χ1n) is 25.6. The molecule has 0 unspecified atom stereocenters. The molecule has 8 atom stereocenters. The predicted molar refractivity (Wildman–Crippen MR) is 265 cm³/mol. The van der Waals surface area contributed by atoms with Crippen LogP contribution in [0.3, 0.4) is 0 Å². The molecule has 0 bridgehead atoms. The van der Waals surface area contributed by atoms with Gasteiger partial charge in [-0.1, -0.05) is 74.5 Å². The minimum absolute atomic E-state index is 0.0185. The Kier molecular flexibility index (Phi) is 12.1. The zero-order valence-corrected chi connectivity index (χ0v) is 42.8. The highest BCUT2D eigenvalue weighted by Gasteiger charge is 2.74. The number of piperazine rings is 3. The van der Waals surface area contributed by atoms with Crippen molar-refractivity contribution in [2.24, 2.45) is 5.92 Å². The number of benzene rings is 3. The topological polar surface area (TPSA) is 282 Å². The molecule has 0 radical (unpaired) electrons. The number of nitrogens with zero attached hydrogens (tertiary/aromatic N) is 6. The Balaban J connectivity index is 0.924. The summed E-state index contributed by atoms with van der Waals surface area (Å²) in [6.45, 7) is 0.388. The lowest BCUT2D eigenvalue weighted by Gasteiger charge is -2.50. The fourth-order valence-electron chi connectivity index (χ4n) is 13.8. The van der Waals surface area contributed by atoms with Crippen LogP contribution in [0, 0.1) is 5.92 Å². The molecule has 3 aromatic carbocycles. The first-order valence-corrected chi connectivity index (χ1v) is 25.6. The predicted octanol–water partition coefficient (Wildman–Crippen LogP) is 0.379. The molecule has 3 aromatic rings. The number of amides is 7. The van der Waals surface area contributed by atoms with Crippen molar-refractivity contribution >= 4 is 59.4 Å². The van der Waals surface area contributed by atoms with E-state index in [1.165, 1.54) is 26.7 Å². The van der Waals surface area contributed by atoms with Crippen molar-refractivity contribution in [3.63, 3.8) is 0 Å². The van der Waals surface area contributed by atoms with E-state index in [1.807, 2.05) is 62.4 Å². The van der Waals surface area contributed by atoms with Gasteiger partial charge in [0.1, 0.15) is 59.7 Å². The first-order chi connectivity index (χ1) is 36.7. The molecule has 1 aliphatic carbocycles. The molecule has 7 aliphatic heterocycles. The van der Waals surface area contributed by atoms with Gasteiger partial charge in [0, 0.05) is 51.2 Å². The molecule has 77 heavy (non-hydrogen) atoms. The number of nitrogens with one attached hydrogen (secondary N) is 2.